The van der Waals surface area contributed by atoms with Crippen molar-refractivity contribution in [2.45, 2.75) is 6.42 Å². The normalized spacial score (nSPS) is 12.2. The fourth-order valence-electron chi connectivity index (χ4n) is 3.52. The summed E-state index contributed by atoms with van der Waals surface area (Å²) in [7, 11) is 1.38. The predicted octanol–water partition coefficient (Wildman–Crippen LogP) is 4.32. The van der Waals surface area contributed by atoms with Gasteiger partial charge in [0.2, 0.25) is 5.91 Å². The predicted molar refractivity (Wildman–Crippen MR) is 119 cm³/mol. The summed E-state index contributed by atoms with van der Waals surface area (Å²) in [5, 5.41) is 5.52. The number of carbonyl (C=O) groups excluding carboxylic acids is 2. The van der Waals surface area contributed by atoms with Crippen molar-refractivity contribution in [1.82, 2.24) is 9.97 Å². The van der Waals surface area contributed by atoms with Crippen molar-refractivity contribution in [3.8, 4) is 17.4 Å². The molecule has 0 unspecified atom stereocenters. The zero-order valence-electron chi connectivity index (χ0n) is 17.4. The monoisotopic (exact) mass is 444 g/mol. The van der Waals surface area contributed by atoms with Gasteiger partial charge >= 0.3 is 0 Å². The van der Waals surface area contributed by atoms with Gasteiger partial charge in [-0.05, 0) is 42.0 Å². The van der Waals surface area contributed by atoms with Crippen LogP contribution in [-0.2, 0) is 11.2 Å². The van der Waals surface area contributed by atoms with Gasteiger partial charge in [-0.2, -0.15) is 0 Å². The highest BCUT2D eigenvalue weighted by molar-refractivity contribution is 6.06. The number of rotatable bonds is 5. The SMILES string of the molecule is COc1cc(F)ccc1Oc1nc2ccccc2nc1C(=O)Nc1ccc2c(c1)NC(=O)C2. The molecule has 1 aromatic heterocycles. The molecule has 0 saturated heterocycles. The summed E-state index contributed by atoms with van der Waals surface area (Å²) in [4.78, 5) is 33.7. The minimum atomic E-state index is -0.561. The Hall–Kier alpha value is -4.53. The molecule has 5 rings (SSSR count). The standard InChI is InChI=1S/C24H17FN4O4/c1-32-20-11-14(25)7-9-19(20)33-24-22(28-16-4-2-3-5-17(16)29-24)23(31)26-15-8-6-13-10-21(30)27-18(13)12-15/h2-9,11-12H,10H2,1H3,(H,26,31)(H,27,30). The van der Waals surface area contributed by atoms with E-state index in [9.17, 15) is 14.0 Å². The van der Waals surface area contributed by atoms with Crippen molar-refractivity contribution in [1.29, 1.82) is 0 Å². The number of nitrogens with one attached hydrogen (secondary N) is 2. The Morgan fingerprint density at radius 3 is 2.61 bits per heavy atom. The lowest BCUT2D eigenvalue weighted by Crippen LogP contribution is -2.16. The number of hydrogen-bond acceptors (Lipinski definition) is 6. The Morgan fingerprint density at radius 1 is 1.03 bits per heavy atom. The zero-order valence-corrected chi connectivity index (χ0v) is 17.4. The van der Waals surface area contributed by atoms with Crippen molar-refractivity contribution in [3.63, 3.8) is 0 Å². The highest BCUT2D eigenvalue weighted by atomic mass is 19.1. The van der Waals surface area contributed by atoms with Crippen LogP contribution in [-0.4, -0.2) is 28.9 Å². The van der Waals surface area contributed by atoms with Crippen molar-refractivity contribution in [2.75, 3.05) is 17.7 Å². The lowest BCUT2D eigenvalue weighted by molar-refractivity contribution is -0.115. The van der Waals surface area contributed by atoms with E-state index in [0.29, 0.717) is 28.8 Å². The minimum absolute atomic E-state index is 0.0643. The van der Waals surface area contributed by atoms with Gasteiger partial charge in [0.05, 0.1) is 24.6 Å². The van der Waals surface area contributed by atoms with Gasteiger partial charge in [-0.15, -0.1) is 0 Å². The molecule has 9 heteroatoms. The van der Waals surface area contributed by atoms with Gasteiger partial charge < -0.3 is 20.1 Å². The van der Waals surface area contributed by atoms with Crippen molar-refractivity contribution >= 4 is 34.2 Å². The summed E-state index contributed by atoms with van der Waals surface area (Å²) in [5.74, 6) is -0.897. The molecule has 0 aliphatic carbocycles. The van der Waals surface area contributed by atoms with Crippen LogP contribution < -0.4 is 20.1 Å². The zero-order chi connectivity index (χ0) is 22.9. The lowest BCUT2D eigenvalue weighted by Gasteiger charge is -2.13. The largest absolute Gasteiger partial charge is 0.493 e. The van der Waals surface area contributed by atoms with Crippen LogP contribution in [0.3, 0.4) is 0 Å². The maximum Gasteiger partial charge on any atom is 0.279 e. The molecule has 0 spiro atoms. The molecule has 33 heavy (non-hydrogen) atoms. The van der Waals surface area contributed by atoms with Gasteiger partial charge in [0, 0.05) is 17.4 Å². The number of nitrogens with zero attached hydrogens (tertiary/aromatic N) is 2. The number of hydrogen-bond donors (Lipinski definition) is 2. The van der Waals surface area contributed by atoms with Gasteiger partial charge in [0.25, 0.3) is 11.8 Å². The summed E-state index contributed by atoms with van der Waals surface area (Å²) in [5.41, 5.74) is 2.93. The number of benzene rings is 3. The summed E-state index contributed by atoms with van der Waals surface area (Å²) in [6.45, 7) is 0. The van der Waals surface area contributed by atoms with E-state index in [1.54, 1.807) is 42.5 Å². The Kier molecular flexibility index (Phi) is 5.06. The topological polar surface area (TPSA) is 102 Å². The molecular weight excluding hydrogens is 427 g/mol. The van der Waals surface area contributed by atoms with Gasteiger partial charge in [0.15, 0.2) is 17.2 Å². The van der Waals surface area contributed by atoms with Crippen LogP contribution in [0.5, 0.6) is 17.4 Å². The molecule has 2 heterocycles. The summed E-state index contributed by atoms with van der Waals surface area (Å²) >= 11 is 0. The number of fused-ring (bicyclic) bond motifs is 2. The second-order valence-corrected chi connectivity index (χ2v) is 7.31. The molecule has 0 atom stereocenters. The van der Waals surface area contributed by atoms with E-state index in [1.165, 1.54) is 25.3 Å². The van der Waals surface area contributed by atoms with Gasteiger partial charge in [-0.3, -0.25) is 9.59 Å². The van der Waals surface area contributed by atoms with E-state index in [1.807, 2.05) is 0 Å². The fourth-order valence-corrected chi connectivity index (χ4v) is 3.52. The number of carbonyl (C=O) groups is 2. The van der Waals surface area contributed by atoms with E-state index in [2.05, 4.69) is 20.6 Å². The molecule has 2 N–H and O–H groups in total. The number of amides is 2. The first-order valence-corrected chi connectivity index (χ1v) is 10.0. The molecule has 4 aromatic rings. The fraction of sp³-hybridized carbons (Fsp3) is 0.0833. The van der Waals surface area contributed by atoms with Crippen molar-refractivity contribution in [3.05, 3.63) is 77.7 Å². The minimum Gasteiger partial charge on any atom is -0.493 e. The number of methoxy groups -OCH3 is 1. The first kappa shape index (κ1) is 20.4. The first-order valence-electron chi connectivity index (χ1n) is 10.0. The second kappa shape index (κ2) is 8.19. The van der Waals surface area contributed by atoms with Crippen LogP contribution in [0, 0.1) is 5.82 Å². The van der Waals surface area contributed by atoms with Gasteiger partial charge in [0.1, 0.15) is 5.82 Å². The Balaban J connectivity index is 1.52. The molecule has 3 aromatic carbocycles. The number of anilines is 2. The van der Waals surface area contributed by atoms with Crippen LogP contribution in [0.1, 0.15) is 16.1 Å². The Bertz CT molecular complexity index is 1420. The summed E-state index contributed by atoms with van der Waals surface area (Å²) < 4.78 is 24.6. The smallest absolute Gasteiger partial charge is 0.279 e. The Labute approximate surface area is 187 Å². The van der Waals surface area contributed by atoms with E-state index in [0.717, 1.165) is 5.56 Å². The third-order valence-electron chi connectivity index (χ3n) is 5.08. The van der Waals surface area contributed by atoms with Crippen LogP contribution in [0.2, 0.25) is 0 Å². The van der Waals surface area contributed by atoms with Crippen molar-refractivity contribution < 1.29 is 23.5 Å². The number of aromatic nitrogens is 2. The molecule has 0 fully saturated rings. The lowest BCUT2D eigenvalue weighted by atomic mass is 10.1. The number of ether oxygens (including phenoxy) is 2. The number of halogens is 1. The highest BCUT2D eigenvalue weighted by Crippen LogP contribution is 2.33. The number of para-hydroxylation sites is 2. The molecule has 1 aliphatic heterocycles. The van der Waals surface area contributed by atoms with E-state index < -0.39 is 11.7 Å². The molecule has 0 bridgehead atoms. The van der Waals surface area contributed by atoms with Gasteiger partial charge in [-0.1, -0.05) is 18.2 Å². The van der Waals surface area contributed by atoms with Crippen LogP contribution in [0.4, 0.5) is 15.8 Å². The molecule has 8 nitrogen and oxygen atoms in total. The summed E-state index contributed by atoms with van der Waals surface area (Å²) in [6, 6.07) is 16.0. The van der Waals surface area contributed by atoms with Crippen LogP contribution in [0.15, 0.2) is 60.7 Å². The van der Waals surface area contributed by atoms with Crippen molar-refractivity contribution in [2.24, 2.45) is 0 Å². The molecule has 2 amide bonds. The maximum absolute atomic E-state index is 13.6. The summed E-state index contributed by atoms with van der Waals surface area (Å²) in [6.07, 6.45) is 0.303. The average Bonchev–Trinajstić information content (AvgIpc) is 3.19. The van der Waals surface area contributed by atoms with Crippen LogP contribution in [0.25, 0.3) is 11.0 Å². The molecule has 164 valence electrons. The first-order chi connectivity index (χ1) is 16.0. The molecule has 1 aliphatic rings. The third kappa shape index (κ3) is 4.03. The quantitative estimate of drug-likeness (QED) is 0.475. The van der Waals surface area contributed by atoms with E-state index in [-0.39, 0.29) is 29.0 Å². The molecule has 0 saturated carbocycles. The van der Waals surface area contributed by atoms with E-state index in [4.69, 9.17) is 9.47 Å². The van der Waals surface area contributed by atoms with E-state index >= 15 is 0 Å². The van der Waals surface area contributed by atoms with Crippen LogP contribution >= 0.6 is 0 Å². The second-order valence-electron chi connectivity index (χ2n) is 7.31. The van der Waals surface area contributed by atoms with Gasteiger partial charge in [-0.25, -0.2) is 14.4 Å². The average molecular weight is 444 g/mol. The maximum atomic E-state index is 13.6. The molecule has 0 radical (unpaired) electrons. The Morgan fingerprint density at radius 2 is 1.82 bits per heavy atom. The third-order valence-corrected chi connectivity index (χ3v) is 5.08. The molecular formula is C24H17FN4O4. The highest BCUT2D eigenvalue weighted by Gasteiger charge is 2.22.